The van der Waals surface area contributed by atoms with Gasteiger partial charge in [0.05, 0.1) is 4.92 Å². The molecule has 0 aliphatic carbocycles. The number of carbonyl (C=O) groups excluding carboxylic acids is 2. The molecule has 5 heteroatoms. The second kappa shape index (κ2) is 5.81. The summed E-state index contributed by atoms with van der Waals surface area (Å²) >= 11 is 0. The van der Waals surface area contributed by atoms with Crippen LogP contribution in [0.5, 0.6) is 0 Å². The maximum atomic E-state index is 12.8. The van der Waals surface area contributed by atoms with Crippen molar-refractivity contribution in [3.05, 3.63) is 87.5 Å². The molecule has 0 bridgehead atoms. The van der Waals surface area contributed by atoms with Gasteiger partial charge in [0, 0.05) is 28.8 Å². The summed E-state index contributed by atoms with van der Waals surface area (Å²) in [4.78, 5) is 34.4. The first-order valence-corrected chi connectivity index (χ1v) is 6.88. The highest BCUT2D eigenvalue weighted by Gasteiger charge is 2.19. The van der Waals surface area contributed by atoms with Crippen LogP contribution in [-0.4, -0.2) is 17.0 Å². The van der Waals surface area contributed by atoms with Gasteiger partial charge in [-0.25, -0.2) is 0 Å². The van der Waals surface area contributed by atoms with Crippen molar-refractivity contribution in [2.24, 2.45) is 0 Å². The molecule has 0 saturated heterocycles. The summed E-state index contributed by atoms with van der Waals surface area (Å²) in [5, 5.41) is 12.6. The quantitative estimate of drug-likeness (QED) is 0.318. The maximum absolute atomic E-state index is 12.8. The third-order valence-electron chi connectivity index (χ3n) is 3.65. The van der Waals surface area contributed by atoms with E-state index in [0.717, 1.165) is 16.8 Å². The molecule has 0 aromatic heterocycles. The summed E-state index contributed by atoms with van der Waals surface area (Å²) in [5.74, 6) is -0.410. The van der Waals surface area contributed by atoms with E-state index in [4.69, 9.17) is 0 Å². The van der Waals surface area contributed by atoms with Crippen molar-refractivity contribution >= 4 is 28.5 Å². The number of ketones is 1. The summed E-state index contributed by atoms with van der Waals surface area (Å²) in [6.07, 6.45) is 0.530. The van der Waals surface area contributed by atoms with Crippen molar-refractivity contribution in [1.82, 2.24) is 0 Å². The number of nitro benzene ring substituents is 1. The van der Waals surface area contributed by atoms with Crippen LogP contribution in [0.2, 0.25) is 0 Å². The van der Waals surface area contributed by atoms with E-state index in [1.165, 1.54) is 12.1 Å². The van der Waals surface area contributed by atoms with Crippen LogP contribution in [0.25, 0.3) is 10.8 Å². The molecule has 0 radical (unpaired) electrons. The SMILES string of the molecule is O=Cc1ccc([N+](=O)[O-])cc1C(=O)c1cccc2ccccc12. The van der Waals surface area contributed by atoms with Gasteiger partial charge in [-0.15, -0.1) is 0 Å². The molecule has 3 aromatic rings. The van der Waals surface area contributed by atoms with E-state index in [1.54, 1.807) is 18.2 Å². The summed E-state index contributed by atoms with van der Waals surface area (Å²) in [7, 11) is 0. The lowest BCUT2D eigenvalue weighted by atomic mass is 9.94. The predicted octanol–water partition coefficient (Wildman–Crippen LogP) is 3.79. The van der Waals surface area contributed by atoms with Crippen molar-refractivity contribution in [3.63, 3.8) is 0 Å². The van der Waals surface area contributed by atoms with Crippen molar-refractivity contribution in [1.29, 1.82) is 0 Å². The Labute approximate surface area is 131 Å². The fourth-order valence-corrected chi connectivity index (χ4v) is 2.53. The molecule has 112 valence electrons. The lowest BCUT2D eigenvalue weighted by Gasteiger charge is -2.07. The van der Waals surface area contributed by atoms with Gasteiger partial charge < -0.3 is 0 Å². The number of rotatable bonds is 4. The Bertz CT molecular complexity index is 941. The first kappa shape index (κ1) is 14.6. The Morgan fingerprint density at radius 2 is 1.70 bits per heavy atom. The second-order valence-corrected chi connectivity index (χ2v) is 5.00. The predicted molar refractivity (Wildman–Crippen MR) is 85.9 cm³/mol. The van der Waals surface area contributed by atoms with Gasteiger partial charge in [-0.2, -0.15) is 0 Å². The topological polar surface area (TPSA) is 77.3 Å². The normalized spacial score (nSPS) is 10.4. The third-order valence-corrected chi connectivity index (χ3v) is 3.65. The van der Waals surface area contributed by atoms with Crippen molar-refractivity contribution in [2.75, 3.05) is 0 Å². The van der Waals surface area contributed by atoms with E-state index in [2.05, 4.69) is 0 Å². The first-order chi connectivity index (χ1) is 11.1. The average molecular weight is 305 g/mol. The van der Waals surface area contributed by atoms with E-state index < -0.39 is 10.7 Å². The summed E-state index contributed by atoms with van der Waals surface area (Å²) in [6, 6.07) is 16.3. The molecule has 5 nitrogen and oxygen atoms in total. The van der Waals surface area contributed by atoms with Gasteiger partial charge in [0.25, 0.3) is 5.69 Å². The number of hydrogen-bond acceptors (Lipinski definition) is 4. The molecule has 3 rings (SSSR count). The van der Waals surface area contributed by atoms with Crippen LogP contribution >= 0.6 is 0 Å². The Kier molecular flexibility index (Phi) is 3.68. The fourth-order valence-electron chi connectivity index (χ4n) is 2.53. The van der Waals surface area contributed by atoms with E-state index >= 15 is 0 Å². The minimum atomic E-state index is -0.589. The Balaban J connectivity index is 2.21. The highest BCUT2D eigenvalue weighted by Crippen LogP contribution is 2.24. The van der Waals surface area contributed by atoms with Crippen LogP contribution in [-0.2, 0) is 0 Å². The monoisotopic (exact) mass is 305 g/mol. The number of nitro groups is 1. The average Bonchev–Trinajstić information content (AvgIpc) is 2.60. The molecule has 0 aliphatic rings. The molecule has 0 saturated carbocycles. The molecule has 0 aliphatic heterocycles. The molecule has 23 heavy (non-hydrogen) atoms. The second-order valence-electron chi connectivity index (χ2n) is 5.00. The zero-order chi connectivity index (χ0) is 16.4. The number of hydrogen-bond donors (Lipinski definition) is 0. The molecule has 0 fully saturated rings. The molecule has 0 atom stereocenters. The summed E-state index contributed by atoms with van der Waals surface area (Å²) < 4.78 is 0. The van der Waals surface area contributed by atoms with Crippen LogP contribution < -0.4 is 0 Å². The molecule has 0 amide bonds. The van der Waals surface area contributed by atoms with Gasteiger partial charge in [-0.05, 0) is 16.8 Å². The Morgan fingerprint density at radius 1 is 0.957 bits per heavy atom. The van der Waals surface area contributed by atoms with Gasteiger partial charge in [-0.1, -0.05) is 42.5 Å². The van der Waals surface area contributed by atoms with E-state index in [-0.39, 0.29) is 16.8 Å². The number of aldehydes is 1. The van der Waals surface area contributed by atoms with Crippen molar-refractivity contribution in [3.8, 4) is 0 Å². The van der Waals surface area contributed by atoms with Gasteiger partial charge in [0.1, 0.15) is 0 Å². The number of fused-ring (bicyclic) bond motifs is 1. The summed E-state index contributed by atoms with van der Waals surface area (Å²) in [6.45, 7) is 0. The number of carbonyl (C=O) groups is 2. The summed E-state index contributed by atoms with van der Waals surface area (Å²) in [5.41, 5.74) is 0.352. The smallest absolute Gasteiger partial charge is 0.270 e. The minimum Gasteiger partial charge on any atom is -0.298 e. The minimum absolute atomic E-state index is 0.0329. The largest absolute Gasteiger partial charge is 0.298 e. The van der Waals surface area contributed by atoms with Gasteiger partial charge in [0.15, 0.2) is 12.1 Å². The first-order valence-electron chi connectivity index (χ1n) is 6.88. The lowest BCUT2D eigenvalue weighted by molar-refractivity contribution is -0.384. The third kappa shape index (κ3) is 2.60. The van der Waals surface area contributed by atoms with E-state index in [9.17, 15) is 19.7 Å². The standard InChI is InChI=1S/C18H11NO4/c20-11-13-8-9-14(19(22)23)10-17(13)18(21)16-7-3-5-12-4-1-2-6-15(12)16/h1-11H. The van der Waals surface area contributed by atoms with Crippen LogP contribution in [0.3, 0.4) is 0 Å². The van der Waals surface area contributed by atoms with Crippen LogP contribution in [0.4, 0.5) is 5.69 Å². The molecule has 3 aromatic carbocycles. The molecule has 0 unspecified atom stereocenters. The molecule has 0 heterocycles. The fraction of sp³-hybridized carbons (Fsp3) is 0. The Hall–Kier alpha value is -3.34. The Morgan fingerprint density at radius 3 is 2.43 bits per heavy atom. The van der Waals surface area contributed by atoms with Gasteiger partial charge in [0.2, 0.25) is 0 Å². The van der Waals surface area contributed by atoms with Crippen molar-refractivity contribution in [2.45, 2.75) is 0 Å². The van der Waals surface area contributed by atoms with Crippen LogP contribution in [0.1, 0.15) is 26.3 Å². The lowest BCUT2D eigenvalue weighted by Crippen LogP contribution is -2.07. The highest BCUT2D eigenvalue weighted by atomic mass is 16.6. The molecular formula is C18H11NO4. The number of benzene rings is 3. The molecular weight excluding hydrogens is 294 g/mol. The zero-order valence-corrected chi connectivity index (χ0v) is 11.9. The number of non-ortho nitro benzene ring substituents is 1. The van der Waals surface area contributed by atoms with Crippen molar-refractivity contribution < 1.29 is 14.5 Å². The maximum Gasteiger partial charge on any atom is 0.270 e. The van der Waals surface area contributed by atoms with E-state index in [0.29, 0.717) is 11.8 Å². The van der Waals surface area contributed by atoms with Gasteiger partial charge >= 0.3 is 0 Å². The van der Waals surface area contributed by atoms with Crippen LogP contribution in [0.15, 0.2) is 60.7 Å². The van der Waals surface area contributed by atoms with Crippen LogP contribution in [0, 0.1) is 10.1 Å². The van der Waals surface area contributed by atoms with Gasteiger partial charge in [-0.3, -0.25) is 19.7 Å². The zero-order valence-electron chi connectivity index (χ0n) is 11.9. The molecule has 0 N–H and O–H groups in total. The molecule has 0 spiro atoms. The highest BCUT2D eigenvalue weighted by molar-refractivity contribution is 6.19. The van der Waals surface area contributed by atoms with E-state index in [1.807, 2.05) is 24.3 Å². The number of nitrogens with zero attached hydrogens (tertiary/aromatic N) is 1.